The van der Waals surface area contributed by atoms with Crippen LogP contribution in [0.15, 0.2) is 18.2 Å². The third kappa shape index (κ3) is 4.66. The highest BCUT2D eigenvalue weighted by molar-refractivity contribution is 6.31. The molecule has 0 aromatic heterocycles. The van der Waals surface area contributed by atoms with Crippen molar-refractivity contribution in [3.8, 4) is 0 Å². The Hall–Kier alpha value is -0.570. The van der Waals surface area contributed by atoms with E-state index < -0.39 is 12.2 Å². The summed E-state index contributed by atoms with van der Waals surface area (Å²) in [6, 6.07) is 5.87. The molecule has 1 aromatic rings. The fraction of sp³-hybridized carbons (Fsp3) is 0.571. The first kappa shape index (κ1) is 14.5. The maximum Gasteiger partial charge on any atom is 0.0802 e. The van der Waals surface area contributed by atoms with Crippen LogP contribution in [-0.2, 0) is 6.42 Å². The summed E-state index contributed by atoms with van der Waals surface area (Å²) < 4.78 is 0. The summed E-state index contributed by atoms with van der Waals surface area (Å²) in [5, 5.41) is 20.1. The first-order chi connectivity index (χ1) is 8.04. The summed E-state index contributed by atoms with van der Waals surface area (Å²) in [5.74, 6) is 0. The van der Waals surface area contributed by atoms with E-state index in [0.717, 1.165) is 29.0 Å². The molecule has 2 nitrogen and oxygen atoms in total. The monoisotopic (exact) mass is 256 g/mol. The lowest BCUT2D eigenvalue weighted by Crippen LogP contribution is -2.26. The number of aliphatic hydroxyl groups is 2. The molecular weight excluding hydrogens is 236 g/mol. The Bertz CT molecular complexity index is 352. The molecule has 0 saturated heterocycles. The molecule has 1 rings (SSSR count). The molecule has 0 fully saturated rings. The van der Waals surface area contributed by atoms with Gasteiger partial charge in [0.15, 0.2) is 0 Å². The Balaban J connectivity index is 2.47. The van der Waals surface area contributed by atoms with Gasteiger partial charge in [-0.2, -0.15) is 0 Å². The predicted molar refractivity (Wildman–Crippen MR) is 71.4 cm³/mol. The molecule has 0 aliphatic heterocycles. The maximum atomic E-state index is 9.76. The molecular formula is C14H21ClO2. The molecule has 2 unspecified atom stereocenters. The molecule has 0 spiro atoms. The second kappa shape index (κ2) is 7.00. The Morgan fingerprint density at radius 3 is 2.41 bits per heavy atom. The summed E-state index contributed by atoms with van der Waals surface area (Å²) in [4.78, 5) is 0. The van der Waals surface area contributed by atoms with Gasteiger partial charge in [-0.05, 0) is 43.4 Å². The van der Waals surface area contributed by atoms with Crippen LogP contribution in [0.5, 0.6) is 0 Å². The van der Waals surface area contributed by atoms with Gasteiger partial charge >= 0.3 is 0 Å². The first-order valence-electron chi connectivity index (χ1n) is 6.15. The van der Waals surface area contributed by atoms with Crippen molar-refractivity contribution < 1.29 is 10.2 Å². The topological polar surface area (TPSA) is 40.5 Å². The number of hydrogen-bond acceptors (Lipinski definition) is 2. The minimum atomic E-state index is -0.633. The lowest BCUT2D eigenvalue weighted by Gasteiger charge is -2.17. The van der Waals surface area contributed by atoms with Crippen LogP contribution >= 0.6 is 11.6 Å². The van der Waals surface area contributed by atoms with E-state index in [1.165, 1.54) is 0 Å². The Morgan fingerprint density at radius 2 is 1.82 bits per heavy atom. The molecule has 0 heterocycles. The average molecular weight is 257 g/mol. The number of aryl methyl sites for hydroxylation is 2. The minimum absolute atomic E-state index is 0.586. The Morgan fingerprint density at radius 1 is 1.18 bits per heavy atom. The van der Waals surface area contributed by atoms with Crippen molar-refractivity contribution in [3.63, 3.8) is 0 Å². The number of aliphatic hydroxyl groups excluding tert-OH is 2. The van der Waals surface area contributed by atoms with Crippen molar-refractivity contribution in [2.24, 2.45) is 0 Å². The van der Waals surface area contributed by atoms with Crippen molar-refractivity contribution >= 4 is 11.6 Å². The molecule has 0 radical (unpaired) electrons. The van der Waals surface area contributed by atoms with Gasteiger partial charge in [0, 0.05) is 5.02 Å². The summed E-state index contributed by atoms with van der Waals surface area (Å²) in [5.41, 5.74) is 2.20. The Kier molecular flexibility index (Phi) is 5.96. The van der Waals surface area contributed by atoms with E-state index in [1.807, 2.05) is 32.0 Å². The third-order valence-corrected chi connectivity index (χ3v) is 3.40. The van der Waals surface area contributed by atoms with E-state index in [9.17, 15) is 10.2 Å². The molecule has 1 aromatic carbocycles. The van der Waals surface area contributed by atoms with Crippen molar-refractivity contribution in [3.05, 3.63) is 34.3 Å². The molecule has 0 aliphatic rings. The van der Waals surface area contributed by atoms with Crippen LogP contribution in [0, 0.1) is 6.92 Å². The quantitative estimate of drug-likeness (QED) is 0.821. The fourth-order valence-corrected chi connectivity index (χ4v) is 1.97. The number of hydrogen-bond donors (Lipinski definition) is 2. The highest BCUT2D eigenvalue weighted by atomic mass is 35.5. The van der Waals surface area contributed by atoms with Gasteiger partial charge in [0.25, 0.3) is 0 Å². The minimum Gasteiger partial charge on any atom is -0.390 e. The van der Waals surface area contributed by atoms with Gasteiger partial charge in [0.05, 0.1) is 12.2 Å². The SMILES string of the molecule is CCCC(O)C(O)CCc1ccc(Cl)c(C)c1. The second-order valence-electron chi connectivity index (χ2n) is 4.55. The summed E-state index contributed by atoms with van der Waals surface area (Å²) in [7, 11) is 0. The van der Waals surface area contributed by atoms with Crippen LogP contribution in [0.25, 0.3) is 0 Å². The number of rotatable bonds is 6. The summed E-state index contributed by atoms with van der Waals surface area (Å²) in [6.45, 7) is 3.96. The van der Waals surface area contributed by atoms with Gasteiger partial charge in [0.1, 0.15) is 0 Å². The summed E-state index contributed by atoms with van der Waals surface area (Å²) >= 11 is 5.95. The van der Waals surface area contributed by atoms with E-state index >= 15 is 0 Å². The van der Waals surface area contributed by atoms with Crippen molar-refractivity contribution in [2.75, 3.05) is 0 Å². The van der Waals surface area contributed by atoms with E-state index in [2.05, 4.69) is 0 Å². The predicted octanol–water partition coefficient (Wildman–Crippen LogP) is 3.10. The molecule has 0 amide bonds. The largest absolute Gasteiger partial charge is 0.390 e. The van der Waals surface area contributed by atoms with E-state index in [-0.39, 0.29) is 0 Å². The molecule has 3 heteroatoms. The number of benzene rings is 1. The van der Waals surface area contributed by atoms with Crippen LogP contribution < -0.4 is 0 Å². The van der Waals surface area contributed by atoms with Gasteiger partial charge in [-0.3, -0.25) is 0 Å². The van der Waals surface area contributed by atoms with E-state index in [4.69, 9.17) is 11.6 Å². The maximum absolute atomic E-state index is 9.76. The lowest BCUT2D eigenvalue weighted by atomic mass is 10.00. The third-order valence-electron chi connectivity index (χ3n) is 2.98. The zero-order chi connectivity index (χ0) is 12.8. The highest BCUT2D eigenvalue weighted by Gasteiger charge is 2.14. The summed E-state index contributed by atoms with van der Waals surface area (Å²) in [6.07, 6.45) is 1.65. The van der Waals surface area contributed by atoms with Gasteiger partial charge in [0.2, 0.25) is 0 Å². The molecule has 2 atom stereocenters. The van der Waals surface area contributed by atoms with Crippen LogP contribution in [0.4, 0.5) is 0 Å². The molecule has 96 valence electrons. The van der Waals surface area contributed by atoms with Crippen molar-refractivity contribution in [2.45, 2.75) is 51.7 Å². The fourth-order valence-electron chi connectivity index (χ4n) is 1.86. The van der Waals surface area contributed by atoms with Crippen LogP contribution in [0.1, 0.15) is 37.3 Å². The van der Waals surface area contributed by atoms with E-state index in [1.54, 1.807) is 0 Å². The zero-order valence-electron chi connectivity index (χ0n) is 10.5. The first-order valence-corrected chi connectivity index (χ1v) is 6.53. The van der Waals surface area contributed by atoms with Gasteiger partial charge < -0.3 is 10.2 Å². The molecule has 0 aliphatic carbocycles. The van der Waals surface area contributed by atoms with Crippen molar-refractivity contribution in [1.29, 1.82) is 0 Å². The Labute approximate surface area is 108 Å². The normalized spacial score (nSPS) is 14.6. The molecule has 2 N–H and O–H groups in total. The number of halogens is 1. The van der Waals surface area contributed by atoms with Crippen LogP contribution in [0.2, 0.25) is 5.02 Å². The van der Waals surface area contributed by atoms with Crippen molar-refractivity contribution in [1.82, 2.24) is 0 Å². The zero-order valence-corrected chi connectivity index (χ0v) is 11.2. The van der Waals surface area contributed by atoms with Gasteiger partial charge in [-0.15, -0.1) is 0 Å². The molecule has 17 heavy (non-hydrogen) atoms. The van der Waals surface area contributed by atoms with Crippen LogP contribution in [0.3, 0.4) is 0 Å². The van der Waals surface area contributed by atoms with Crippen LogP contribution in [-0.4, -0.2) is 22.4 Å². The highest BCUT2D eigenvalue weighted by Crippen LogP contribution is 2.18. The van der Waals surface area contributed by atoms with Gasteiger partial charge in [-0.25, -0.2) is 0 Å². The standard InChI is InChI=1S/C14H21ClO2/c1-3-4-13(16)14(17)8-6-11-5-7-12(15)10(2)9-11/h5,7,9,13-14,16-17H,3-4,6,8H2,1-2H3. The lowest BCUT2D eigenvalue weighted by molar-refractivity contribution is 0.00981. The average Bonchev–Trinajstić information content (AvgIpc) is 2.30. The van der Waals surface area contributed by atoms with E-state index in [0.29, 0.717) is 12.8 Å². The smallest absolute Gasteiger partial charge is 0.0802 e. The molecule has 0 saturated carbocycles. The van der Waals surface area contributed by atoms with Gasteiger partial charge in [-0.1, -0.05) is 37.1 Å². The molecule has 0 bridgehead atoms. The second-order valence-corrected chi connectivity index (χ2v) is 4.95.